The van der Waals surface area contributed by atoms with E-state index < -0.39 is 49.8 Å². The number of fused-ring (bicyclic) bond motifs is 1. The van der Waals surface area contributed by atoms with Crippen molar-refractivity contribution in [3.63, 3.8) is 0 Å². The van der Waals surface area contributed by atoms with Crippen LogP contribution in [0.5, 0.6) is 63.2 Å². The van der Waals surface area contributed by atoms with Gasteiger partial charge in [-0.2, -0.15) is 0 Å². The molecule has 2 fully saturated rings. The Bertz CT molecular complexity index is 2020. The van der Waals surface area contributed by atoms with Crippen molar-refractivity contribution >= 4 is 0 Å². The fourth-order valence-corrected chi connectivity index (χ4v) is 7.69. The summed E-state index contributed by atoms with van der Waals surface area (Å²) in [6, 6.07) is 14.2. The molecule has 2 heterocycles. The molecule has 0 spiro atoms. The number of hydrogen-bond donors (Lipinski definition) is 6. The fraction of sp³-hybridized carbons (Fsp3) is 0.442. The highest BCUT2D eigenvalue weighted by atomic mass is 16.6. The van der Waals surface area contributed by atoms with Crippen LogP contribution in [0.4, 0.5) is 0 Å². The van der Waals surface area contributed by atoms with Crippen LogP contribution in [0.1, 0.15) is 46.7 Å². The molecule has 326 valence electrons. The molecule has 6 N–H and O–H groups in total. The third-order valence-corrected chi connectivity index (χ3v) is 10.9. The number of phenolic OH excluding ortho intramolecular Hbond substituents is 2. The van der Waals surface area contributed by atoms with E-state index >= 15 is 0 Å². The van der Waals surface area contributed by atoms with E-state index in [9.17, 15) is 30.6 Å². The molecule has 60 heavy (non-hydrogen) atoms. The molecule has 0 amide bonds. The lowest BCUT2D eigenvalue weighted by molar-refractivity contribution is -0.00211. The Morgan fingerprint density at radius 1 is 0.517 bits per heavy atom. The standard InChI is InChI=1S/C43H52O17/c1-50-28-10-21(8-9-27(28)46)37(47)35(17-44)59-42-31(53-4)13-23(14-32(42)54-5)40-25-19-58-41(26(25)20-57-40)24-15-33(55-6)43(34(16-24)56-7)60-36(18-45)38(48)22-11-29(51-2)39(49)30(12-22)52-3/h8-16,25-26,35-38,40-41,44-49H,17-20H2,1-7H3. The molecule has 17 heteroatoms. The molecule has 0 aromatic heterocycles. The Kier molecular flexibility index (Phi) is 14.1. The predicted molar refractivity (Wildman–Crippen MR) is 212 cm³/mol. The third-order valence-electron chi connectivity index (χ3n) is 10.9. The maximum absolute atomic E-state index is 11.3. The molecule has 17 nitrogen and oxygen atoms in total. The van der Waals surface area contributed by atoms with Gasteiger partial charge in [-0.15, -0.1) is 0 Å². The molecular weight excluding hydrogens is 788 g/mol. The van der Waals surface area contributed by atoms with Gasteiger partial charge in [0, 0.05) is 11.8 Å². The number of methoxy groups -OCH3 is 7. The van der Waals surface area contributed by atoms with Crippen molar-refractivity contribution in [1.82, 2.24) is 0 Å². The highest BCUT2D eigenvalue weighted by molar-refractivity contribution is 5.57. The fourth-order valence-electron chi connectivity index (χ4n) is 7.69. The minimum Gasteiger partial charge on any atom is -0.504 e. The number of phenols is 2. The Balaban J connectivity index is 1.22. The average molecular weight is 841 g/mol. The van der Waals surface area contributed by atoms with Crippen molar-refractivity contribution in [2.75, 3.05) is 76.2 Å². The predicted octanol–water partition coefficient (Wildman–Crippen LogP) is 4.18. The first kappa shape index (κ1) is 44.0. The molecule has 0 aliphatic carbocycles. The summed E-state index contributed by atoms with van der Waals surface area (Å²) in [6.07, 6.45) is -5.94. The Hall–Kier alpha value is -5.56. The summed E-state index contributed by atoms with van der Waals surface area (Å²) < 4.78 is 63.8. The second-order valence-corrected chi connectivity index (χ2v) is 14.1. The van der Waals surface area contributed by atoms with Gasteiger partial charge in [-0.05, 0) is 70.8 Å². The Labute approximate surface area is 347 Å². The summed E-state index contributed by atoms with van der Waals surface area (Å²) in [6.45, 7) is -0.473. The lowest BCUT2D eigenvalue weighted by Gasteiger charge is -2.26. The third kappa shape index (κ3) is 8.54. The van der Waals surface area contributed by atoms with Gasteiger partial charge in [-0.25, -0.2) is 0 Å². The first-order chi connectivity index (χ1) is 29.0. The smallest absolute Gasteiger partial charge is 0.204 e. The number of aromatic hydroxyl groups is 2. The van der Waals surface area contributed by atoms with Crippen LogP contribution < -0.4 is 42.6 Å². The monoisotopic (exact) mass is 840 g/mol. The van der Waals surface area contributed by atoms with Crippen LogP contribution in [0.15, 0.2) is 54.6 Å². The van der Waals surface area contributed by atoms with Gasteiger partial charge in [0.2, 0.25) is 17.2 Å². The van der Waals surface area contributed by atoms with Crippen LogP contribution in [-0.2, 0) is 9.47 Å². The highest BCUT2D eigenvalue weighted by Crippen LogP contribution is 2.54. The van der Waals surface area contributed by atoms with Gasteiger partial charge in [-0.3, -0.25) is 0 Å². The molecule has 2 saturated heterocycles. The van der Waals surface area contributed by atoms with Crippen LogP contribution in [0, 0.1) is 11.8 Å². The highest BCUT2D eigenvalue weighted by Gasteiger charge is 2.49. The van der Waals surface area contributed by atoms with Gasteiger partial charge in [-0.1, -0.05) is 6.07 Å². The zero-order valence-corrected chi connectivity index (χ0v) is 34.3. The topological polar surface area (TPSA) is 223 Å². The molecular formula is C43H52O17. The van der Waals surface area contributed by atoms with Gasteiger partial charge in [0.1, 0.15) is 12.2 Å². The Morgan fingerprint density at radius 3 is 1.25 bits per heavy atom. The van der Waals surface area contributed by atoms with Gasteiger partial charge < -0.3 is 82.7 Å². The average Bonchev–Trinajstić information content (AvgIpc) is 3.89. The van der Waals surface area contributed by atoms with Gasteiger partial charge in [0.15, 0.2) is 58.2 Å². The first-order valence-electron chi connectivity index (χ1n) is 19.0. The summed E-state index contributed by atoms with van der Waals surface area (Å²) in [5, 5.41) is 63.5. The van der Waals surface area contributed by atoms with Crippen molar-refractivity contribution < 1.29 is 82.7 Å². The quantitative estimate of drug-likeness (QED) is 0.0779. The molecule has 0 saturated carbocycles. The minimum absolute atomic E-state index is 0.0638. The van der Waals surface area contributed by atoms with E-state index in [2.05, 4.69) is 0 Å². The van der Waals surface area contributed by atoms with Gasteiger partial charge in [0.05, 0.1) is 88.4 Å². The molecule has 2 aliphatic rings. The molecule has 0 bridgehead atoms. The first-order valence-corrected chi connectivity index (χ1v) is 19.0. The molecule has 4 aromatic carbocycles. The van der Waals surface area contributed by atoms with E-state index in [0.717, 1.165) is 11.1 Å². The van der Waals surface area contributed by atoms with Crippen molar-refractivity contribution in [2.45, 2.75) is 36.6 Å². The van der Waals surface area contributed by atoms with E-state index in [1.165, 1.54) is 80.1 Å². The van der Waals surface area contributed by atoms with Crippen molar-refractivity contribution in [1.29, 1.82) is 0 Å². The van der Waals surface area contributed by atoms with Gasteiger partial charge >= 0.3 is 0 Å². The minimum atomic E-state index is -1.39. The Morgan fingerprint density at radius 2 is 0.883 bits per heavy atom. The number of rotatable bonds is 19. The number of ether oxygens (including phenoxy) is 11. The van der Waals surface area contributed by atoms with Crippen molar-refractivity contribution in [3.8, 4) is 63.2 Å². The number of hydrogen-bond acceptors (Lipinski definition) is 17. The molecule has 6 rings (SSSR count). The van der Waals surface area contributed by atoms with Crippen LogP contribution in [0.25, 0.3) is 0 Å². The molecule has 8 atom stereocenters. The van der Waals surface area contributed by atoms with Crippen LogP contribution in [0.3, 0.4) is 0 Å². The van der Waals surface area contributed by atoms with Crippen LogP contribution >= 0.6 is 0 Å². The van der Waals surface area contributed by atoms with Crippen molar-refractivity contribution in [3.05, 3.63) is 76.9 Å². The molecule has 4 aromatic rings. The summed E-state index contributed by atoms with van der Waals surface area (Å²) in [7, 11) is 9.96. The lowest BCUT2D eigenvalue weighted by Crippen LogP contribution is -2.29. The SMILES string of the molecule is COc1cc(C(O)C(CO)Oc2c(OC)cc(C3OCC4C(c5cc(OC)c(OC(CO)C(O)c6cc(OC)c(O)c(OC)c6)c(OC)c5)OCC34)cc2OC)ccc1O. The largest absolute Gasteiger partial charge is 0.504 e. The van der Waals surface area contributed by atoms with Crippen LogP contribution in [0.2, 0.25) is 0 Å². The number of aliphatic hydroxyl groups is 4. The maximum Gasteiger partial charge on any atom is 0.204 e. The summed E-state index contributed by atoms with van der Waals surface area (Å²) >= 11 is 0. The summed E-state index contributed by atoms with van der Waals surface area (Å²) in [4.78, 5) is 0. The van der Waals surface area contributed by atoms with E-state index in [1.54, 1.807) is 24.3 Å². The second kappa shape index (κ2) is 19.2. The zero-order valence-electron chi connectivity index (χ0n) is 34.3. The van der Waals surface area contributed by atoms with Crippen LogP contribution in [-0.4, -0.2) is 119 Å². The second-order valence-electron chi connectivity index (χ2n) is 14.1. The lowest BCUT2D eigenvalue weighted by atomic mass is 9.84. The molecule has 0 radical (unpaired) electrons. The zero-order chi connectivity index (χ0) is 43.2. The summed E-state index contributed by atoms with van der Waals surface area (Å²) in [5.41, 5.74) is 2.06. The van der Waals surface area contributed by atoms with Gasteiger partial charge in [0.25, 0.3) is 0 Å². The normalized spacial score (nSPS) is 20.3. The molecule has 8 unspecified atom stereocenters. The van der Waals surface area contributed by atoms with E-state index in [0.29, 0.717) is 18.8 Å². The van der Waals surface area contributed by atoms with E-state index in [-0.39, 0.29) is 80.6 Å². The number of benzene rings is 4. The maximum atomic E-state index is 11.3. The molecule has 2 aliphatic heterocycles. The number of aliphatic hydroxyl groups excluding tert-OH is 4. The van der Waals surface area contributed by atoms with E-state index in [4.69, 9.17) is 52.1 Å². The van der Waals surface area contributed by atoms with Crippen molar-refractivity contribution in [2.24, 2.45) is 11.8 Å². The van der Waals surface area contributed by atoms with E-state index in [1.807, 2.05) is 0 Å². The summed E-state index contributed by atoms with van der Waals surface area (Å²) in [5.74, 6) is 1.10.